The molecule has 0 heterocycles. The first-order valence-corrected chi connectivity index (χ1v) is 4.38. The Morgan fingerprint density at radius 3 is 2.13 bits per heavy atom. The third-order valence-corrected chi connectivity index (χ3v) is 2.09. The van der Waals surface area contributed by atoms with Crippen LogP contribution in [0.5, 0.6) is 0 Å². The minimum absolute atomic E-state index is 0.0395. The van der Waals surface area contributed by atoms with E-state index in [-0.39, 0.29) is 17.8 Å². The van der Waals surface area contributed by atoms with Crippen molar-refractivity contribution in [2.24, 2.45) is 5.41 Å². The van der Waals surface area contributed by atoms with Gasteiger partial charge in [0.1, 0.15) is 29.8 Å². The second kappa shape index (κ2) is 5.07. The first kappa shape index (κ1) is 13.1. The maximum atomic E-state index is 11.6. The topological polar surface area (TPSA) is 81.7 Å². The molecule has 4 nitrogen and oxygen atoms in total. The monoisotopic (exact) mass is 204 g/mol. The van der Waals surface area contributed by atoms with E-state index >= 15 is 0 Å². The standard InChI is InChI=1S/C11H12N2O2/c1-8(9(5-12)6-13)4-10(15)11(2,3)7-14/h7H,4H2,1-3H3. The van der Waals surface area contributed by atoms with Crippen LogP contribution in [0, 0.1) is 28.1 Å². The summed E-state index contributed by atoms with van der Waals surface area (Å²) >= 11 is 0. The lowest BCUT2D eigenvalue weighted by Gasteiger charge is -2.14. The van der Waals surface area contributed by atoms with Crippen LogP contribution in [0.4, 0.5) is 0 Å². The highest BCUT2D eigenvalue weighted by Crippen LogP contribution is 2.19. The molecule has 0 radical (unpaired) electrons. The Kier molecular flexibility index (Phi) is 4.41. The molecular formula is C11H12N2O2. The number of carbonyl (C=O) groups is 2. The summed E-state index contributed by atoms with van der Waals surface area (Å²) in [6.45, 7) is 4.56. The molecule has 0 fully saturated rings. The smallest absolute Gasteiger partial charge is 0.149 e. The van der Waals surface area contributed by atoms with Crippen molar-refractivity contribution in [2.75, 3.05) is 0 Å². The van der Waals surface area contributed by atoms with Crippen molar-refractivity contribution in [1.29, 1.82) is 10.5 Å². The van der Waals surface area contributed by atoms with Crippen molar-refractivity contribution >= 4 is 12.1 Å². The van der Waals surface area contributed by atoms with Crippen LogP contribution in [0.15, 0.2) is 11.1 Å². The number of carbonyl (C=O) groups excluding carboxylic acids is 2. The summed E-state index contributed by atoms with van der Waals surface area (Å²) in [5.41, 5.74) is -0.720. The largest absolute Gasteiger partial charge is 0.302 e. The Hall–Kier alpha value is -1.94. The molecule has 0 rings (SSSR count). The molecule has 0 amide bonds. The molecule has 0 aromatic heterocycles. The van der Waals surface area contributed by atoms with Crippen molar-refractivity contribution in [3.05, 3.63) is 11.1 Å². The number of Topliss-reactive ketones (excluding diaryl/α,β-unsaturated/α-hetero) is 1. The van der Waals surface area contributed by atoms with Gasteiger partial charge in [0.05, 0.1) is 5.41 Å². The van der Waals surface area contributed by atoms with Crippen molar-refractivity contribution in [3.8, 4) is 12.1 Å². The predicted octanol–water partition coefficient (Wildman–Crippen LogP) is 1.53. The fourth-order valence-electron chi connectivity index (χ4n) is 0.839. The molecule has 0 aliphatic heterocycles. The number of allylic oxidation sites excluding steroid dienone is 2. The Morgan fingerprint density at radius 2 is 1.80 bits per heavy atom. The molecule has 0 atom stereocenters. The van der Waals surface area contributed by atoms with Crippen LogP contribution >= 0.6 is 0 Å². The van der Waals surface area contributed by atoms with Gasteiger partial charge in [-0.1, -0.05) is 0 Å². The summed E-state index contributed by atoms with van der Waals surface area (Å²) in [6, 6.07) is 3.41. The van der Waals surface area contributed by atoms with Crippen molar-refractivity contribution < 1.29 is 9.59 Å². The molecule has 0 N–H and O–H groups in total. The predicted molar refractivity (Wildman–Crippen MR) is 53.4 cm³/mol. The molecule has 0 saturated carbocycles. The summed E-state index contributed by atoms with van der Waals surface area (Å²) in [5, 5.41) is 17.1. The van der Waals surface area contributed by atoms with Crippen LogP contribution in [-0.2, 0) is 9.59 Å². The van der Waals surface area contributed by atoms with Crippen LogP contribution in [0.2, 0.25) is 0 Å². The lowest BCUT2D eigenvalue weighted by Crippen LogP contribution is -2.25. The van der Waals surface area contributed by atoms with Gasteiger partial charge in [-0.3, -0.25) is 4.79 Å². The zero-order valence-corrected chi connectivity index (χ0v) is 9.00. The lowest BCUT2D eigenvalue weighted by molar-refractivity contribution is -0.132. The van der Waals surface area contributed by atoms with Gasteiger partial charge in [0.2, 0.25) is 0 Å². The highest BCUT2D eigenvalue weighted by molar-refractivity contribution is 5.98. The van der Waals surface area contributed by atoms with Crippen molar-refractivity contribution in [2.45, 2.75) is 27.2 Å². The Bertz CT molecular complexity index is 376. The van der Waals surface area contributed by atoms with Gasteiger partial charge in [-0.05, 0) is 26.3 Å². The maximum absolute atomic E-state index is 11.6. The van der Waals surface area contributed by atoms with E-state index in [1.165, 1.54) is 13.8 Å². The van der Waals surface area contributed by atoms with E-state index in [0.717, 1.165) is 0 Å². The second-order valence-electron chi connectivity index (χ2n) is 3.82. The van der Waals surface area contributed by atoms with E-state index in [1.807, 2.05) is 0 Å². The van der Waals surface area contributed by atoms with Gasteiger partial charge in [0.15, 0.2) is 0 Å². The van der Waals surface area contributed by atoms with Gasteiger partial charge in [-0.15, -0.1) is 0 Å². The summed E-state index contributed by atoms with van der Waals surface area (Å²) in [5.74, 6) is -0.294. The van der Waals surface area contributed by atoms with Gasteiger partial charge < -0.3 is 4.79 Å². The molecule has 0 bridgehead atoms. The molecule has 0 aliphatic rings. The van der Waals surface area contributed by atoms with Crippen LogP contribution < -0.4 is 0 Å². The molecule has 0 aliphatic carbocycles. The van der Waals surface area contributed by atoms with Crippen LogP contribution in [0.1, 0.15) is 27.2 Å². The minimum atomic E-state index is -1.06. The van der Waals surface area contributed by atoms with Gasteiger partial charge in [0, 0.05) is 6.42 Å². The molecule has 0 unspecified atom stereocenters. The van der Waals surface area contributed by atoms with Gasteiger partial charge in [0.25, 0.3) is 0 Å². The van der Waals surface area contributed by atoms with E-state index in [1.54, 1.807) is 19.1 Å². The Balaban J connectivity index is 4.89. The summed E-state index contributed by atoms with van der Waals surface area (Å²) < 4.78 is 0. The summed E-state index contributed by atoms with van der Waals surface area (Å²) in [7, 11) is 0. The number of nitriles is 2. The summed E-state index contributed by atoms with van der Waals surface area (Å²) in [6.07, 6.45) is 0.531. The molecule has 78 valence electrons. The molecule has 0 saturated heterocycles. The molecule has 4 heteroatoms. The molecular weight excluding hydrogens is 192 g/mol. The highest BCUT2D eigenvalue weighted by Gasteiger charge is 2.26. The second-order valence-corrected chi connectivity index (χ2v) is 3.82. The van der Waals surface area contributed by atoms with Gasteiger partial charge >= 0.3 is 0 Å². The maximum Gasteiger partial charge on any atom is 0.149 e. The minimum Gasteiger partial charge on any atom is -0.302 e. The molecule has 0 spiro atoms. The van der Waals surface area contributed by atoms with E-state index in [2.05, 4.69) is 0 Å². The van der Waals surface area contributed by atoms with Crippen molar-refractivity contribution in [3.63, 3.8) is 0 Å². The fourth-order valence-corrected chi connectivity index (χ4v) is 0.839. The average Bonchev–Trinajstić information content (AvgIpc) is 2.19. The average molecular weight is 204 g/mol. The third kappa shape index (κ3) is 3.36. The first-order valence-electron chi connectivity index (χ1n) is 4.38. The van der Waals surface area contributed by atoms with E-state index in [9.17, 15) is 9.59 Å². The number of hydrogen-bond acceptors (Lipinski definition) is 4. The Morgan fingerprint density at radius 1 is 1.33 bits per heavy atom. The fraction of sp³-hybridized carbons (Fsp3) is 0.455. The summed E-state index contributed by atoms with van der Waals surface area (Å²) in [4.78, 5) is 22.1. The van der Waals surface area contributed by atoms with E-state index in [0.29, 0.717) is 11.9 Å². The number of hydrogen-bond donors (Lipinski definition) is 0. The number of ketones is 1. The molecule has 0 aromatic rings. The van der Waals surface area contributed by atoms with Crippen molar-refractivity contribution in [1.82, 2.24) is 0 Å². The number of aldehydes is 1. The lowest BCUT2D eigenvalue weighted by atomic mass is 9.86. The number of nitrogens with zero attached hydrogens (tertiary/aromatic N) is 2. The van der Waals surface area contributed by atoms with E-state index in [4.69, 9.17) is 10.5 Å². The number of rotatable bonds is 4. The van der Waals surface area contributed by atoms with Gasteiger partial charge in [-0.2, -0.15) is 10.5 Å². The molecule has 15 heavy (non-hydrogen) atoms. The first-order chi connectivity index (χ1) is 6.88. The van der Waals surface area contributed by atoms with Crippen LogP contribution in [0.3, 0.4) is 0 Å². The highest BCUT2D eigenvalue weighted by atomic mass is 16.1. The third-order valence-electron chi connectivity index (χ3n) is 2.09. The quantitative estimate of drug-likeness (QED) is 0.395. The Labute approximate surface area is 88.8 Å². The molecule has 0 aromatic carbocycles. The SMILES string of the molecule is CC(CC(=O)C(C)(C)C=O)=C(C#N)C#N. The van der Waals surface area contributed by atoms with Crippen LogP contribution in [0.25, 0.3) is 0 Å². The normalized spacial score (nSPS) is 9.67. The van der Waals surface area contributed by atoms with Crippen LogP contribution in [-0.4, -0.2) is 12.1 Å². The zero-order valence-electron chi connectivity index (χ0n) is 9.00. The van der Waals surface area contributed by atoms with Gasteiger partial charge in [-0.25, -0.2) is 0 Å². The van der Waals surface area contributed by atoms with E-state index < -0.39 is 5.41 Å². The zero-order chi connectivity index (χ0) is 12.1.